The summed E-state index contributed by atoms with van der Waals surface area (Å²) in [5, 5.41) is 0. The van der Waals surface area contributed by atoms with Crippen LogP contribution in [-0.4, -0.2) is 0 Å². The van der Waals surface area contributed by atoms with E-state index in [-0.39, 0.29) is 5.92 Å². The molecule has 2 rings (SSSR count). The van der Waals surface area contributed by atoms with Gasteiger partial charge in [-0.05, 0) is 56.9 Å². The molecule has 0 bridgehead atoms. The molecule has 0 aromatic heterocycles. The van der Waals surface area contributed by atoms with Gasteiger partial charge in [-0.25, -0.2) is 0 Å². The third-order valence-electron chi connectivity index (χ3n) is 3.97. The van der Waals surface area contributed by atoms with Crippen molar-refractivity contribution >= 4 is 0 Å². The van der Waals surface area contributed by atoms with E-state index in [1.165, 1.54) is 39.0 Å². The van der Waals surface area contributed by atoms with Gasteiger partial charge in [0, 0.05) is 5.92 Å². The Kier molecular flexibility index (Phi) is 4.13. The number of hydrogen-bond acceptors (Lipinski definition) is 0. The van der Waals surface area contributed by atoms with Gasteiger partial charge in [0.2, 0.25) is 0 Å². The average molecular weight is 264 g/mol. The Morgan fingerprint density at radius 1 is 0.800 bits per heavy atom. The number of benzene rings is 2. The van der Waals surface area contributed by atoms with E-state index in [1.807, 2.05) is 0 Å². The second-order valence-corrected chi connectivity index (χ2v) is 6.00. The summed E-state index contributed by atoms with van der Waals surface area (Å²) < 4.78 is 0. The second kappa shape index (κ2) is 5.66. The molecule has 0 heteroatoms. The summed E-state index contributed by atoms with van der Waals surface area (Å²) >= 11 is 0. The Balaban J connectivity index is 2.59. The maximum absolute atomic E-state index is 4.24. The highest BCUT2D eigenvalue weighted by Crippen LogP contribution is 2.35. The molecule has 104 valence electrons. The SMILES string of the molecule is C=C(C)C(c1ccc(C)cc1C)c1ccc(C)cc1C. The molecule has 20 heavy (non-hydrogen) atoms. The zero-order chi connectivity index (χ0) is 14.9. The topological polar surface area (TPSA) is 0 Å². The highest BCUT2D eigenvalue weighted by atomic mass is 14.2. The maximum atomic E-state index is 4.24. The van der Waals surface area contributed by atoms with E-state index in [0.29, 0.717) is 0 Å². The van der Waals surface area contributed by atoms with Gasteiger partial charge in [-0.1, -0.05) is 59.7 Å². The number of rotatable bonds is 3. The molecule has 0 N–H and O–H groups in total. The highest BCUT2D eigenvalue weighted by molar-refractivity contribution is 5.47. The van der Waals surface area contributed by atoms with E-state index in [9.17, 15) is 0 Å². The zero-order valence-electron chi connectivity index (χ0n) is 13.2. The van der Waals surface area contributed by atoms with Crippen molar-refractivity contribution in [3.63, 3.8) is 0 Å². The monoisotopic (exact) mass is 264 g/mol. The van der Waals surface area contributed by atoms with Gasteiger partial charge in [-0.3, -0.25) is 0 Å². The normalized spacial score (nSPS) is 10.9. The first-order chi connectivity index (χ1) is 9.40. The Hall–Kier alpha value is -1.82. The van der Waals surface area contributed by atoms with Crippen molar-refractivity contribution in [1.82, 2.24) is 0 Å². The first-order valence-corrected chi connectivity index (χ1v) is 7.20. The molecular formula is C20H24. The fourth-order valence-electron chi connectivity index (χ4n) is 3.00. The standard InChI is InChI=1S/C20H24/c1-13(2)20(18-9-7-14(3)11-16(18)5)19-10-8-15(4)12-17(19)6/h7-12,20H,1H2,2-6H3. The lowest BCUT2D eigenvalue weighted by Crippen LogP contribution is -2.06. The van der Waals surface area contributed by atoms with Crippen molar-refractivity contribution < 1.29 is 0 Å². The van der Waals surface area contributed by atoms with Gasteiger partial charge < -0.3 is 0 Å². The fourth-order valence-corrected chi connectivity index (χ4v) is 3.00. The summed E-state index contributed by atoms with van der Waals surface area (Å²) in [5.74, 6) is 0.288. The molecule has 2 aromatic carbocycles. The van der Waals surface area contributed by atoms with Gasteiger partial charge in [0.15, 0.2) is 0 Å². The Morgan fingerprint density at radius 3 is 1.50 bits per heavy atom. The minimum Gasteiger partial charge on any atom is -0.0992 e. The summed E-state index contributed by atoms with van der Waals surface area (Å²) in [6.07, 6.45) is 0. The lowest BCUT2D eigenvalue weighted by atomic mass is 9.81. The number of hydrogen-bond donors (Lipinski definition) is 0. The van der Waals surface area contributed by atoms with Crippen molar-refractivity contribution in [1.29, 1.82) is 0 Å². The lowest BCUT2D eigenvalue weighted by molar-refractivity contribution is 0.924. The molecule has 0 saturated carbocycles. The molecule has 0 aliphatic carbocycles. The molecular weight excluding hydrogens is 240 g/mol. The molecule has 0 spiro atoms. The smallest absolute Gasteiger partial charge is 0.0298 e. The van der Waals surface area contributed by atoms with E-state index in [1.54, 1.807) is 0 Å². The molecule has 0 nitrogen and oxygen atoms in total. The summed E-state index contributed by atoms with van der Waals surface area (Å²) in [6, 6.07) is 13.4. The molecule has 0 fully saturated rings. The molecule has 0 heterocycles. The van der Waals surface area contributed by atoms with Crippen molar-refractivity contribution in [2.24, 2.45) is 0 Å². The van der Waals surface area contributed by atoms with Crippen LogP contribution in [0.5, 0.6) is 0 Å². The van der Waals surface area contributed by atoms with Crippen LogP contribution in [0, 0.1) is 27.7 Å². The van der Waals surface area contributed by atoms with Gasteiger partial charge in [0.05, 0.1) is 0 Å². The number of allylic oxidation sites excluding steroid dienone is 1. The summed E-state index contributed by atoms with van der Waals surface area (Å²) in [7, 11) is 0. The fraction of sp³-hybridized carbons (Fsp3) is 0.300. The van der Waals surface area contributed by atoms with Crippen LogP contribution in [0.1, 0.15) is 46.2 Å². The van der Waals surface area contributed by atoms with Crippen LogP contribution in [-0.2, 0) is 0 Å². The summed E-state index contributed by atoms with van der Waals surface area (Å²) in [6.45, 7) is 15.0. The molecule has 0 saturated heterocycles. The van der Waals surface area contributed by atoms with Crippen LogP contribution >= 0.6 is 0 Å². The van der Waals surface area contributed by atoms with Crippen LogP contribution in [0.25, 0.3) is 0 Å². The van der Waals surface area contributed by atoms with E-state index >= 15 is 0 Å². The lowest BCUT2D eigenvalue weighted by Gasteiger charge is -2.23. The van der Waals surface area contributed by atoms with Crippen LogP contribution in [0.15, 0.2) is 48.6 Å². The second-order valence-electron chi connectivity index (χ2n) is 6.00. The van der Waals surface area contributed by atoms with Crippen molar-refractivity contribution in [2.45, 2.75) is 40.5 Å². The predicted molar refractivity (Wildman–Crippen MR) is 88.5 cm³/mol. The van der Waals surface area contributed by atoms with Gasteiger partial charge in [0.25, 0.3) is 0 Å². The number of aryl methyl sites for hydroxylation is 4. The highest BCUT2D eigenvalue weighted by Gasteiger charge is 2.18. The molecule has 0 aliphatic rings. The maximum Gasteiger partial charge on any atom is 0.0298 e. The van der Waals surface area contributed by atoms with Gasteiger partial charge in [-0.2, -0.15) is 0 Å². The summed E-state index contributed by atoms with van der Waals surface area (Å²) in [5.41, 5.74) is 9.25. The third kappa shape index (κ3) is 2.85. The molecule has 0 atom stereocenters. The van der Waals surface area contributed by atoms with Gasteiger partial charge in [0.1, 0.15) is 0 Å². The molecule has 0 amide bonds. The van der Waals surface area contributed by atoms with Crippen molar-refractivity contribution in [2.75, 3.05) is 0 Å². The first-order valence-electron chi connectivity index (χ1n) is 7.20. The summed E-state index contributed by atoms with van der Waals surface area (Å²) in [4.78, 5) is 0. The van der Waals surface area contributed by atoms with E-state index < -0.39 is 0 Å². The quantitative estimate of drug-likeness (QED) is 0.630. The van der Waals surface area contributed by atoms with E-state index in [0.717, 1.165) is 0 Å². The Labute approximate surface area is 123 Å². The minimum absolute atomic E-state index is 0.288. The van der Waals surface area contributed by atoms with Gasteiger partial charge >= 0.3 is 0 Å². The van der Waals surface area contributed by atoms with E-state index in [4.69, 9.17) is 0 Å². The van der Waals surface area contributed by atoms with Gasteiger partial charge in [-0.15, -0.1) is 0 Å². The van der Waals surface area contributed by atoms with Crippen LogP contribution in [0.2, 0.25) is 0 Å². The predicted octanol–water partition coefficient (Wildman–Crippen LogP) is 5.63. The van der Waals surface area contributed by atoms with E-state index in [2.05, 4.69) is 77.6 Å². The first kappa shape index (κ1) is 14.6. The molecule has 0 aliphatic heterocycles. The van der Waals surface area contributed by atoms with Crippen LogP contribution < -0.4 is 0 Å². The third-order valence-corrected chi connectivity index (χ3v) is 3.97. The van der Waals surface area contributed by atoms with Crippen molar-refractivity contribution in [3.05, 3.63) is 81.9 Å². The average Bonchev–Trinajstić information content (AvgIpc) is 2.34. The largest absolute Gasteiger partial charge is 0.0992 e. The molecule has 2 aromatic rings. The molecule has 0 radical (unpaired) electrons. The van der Waals surface area contributed by atoms with Crippen LogP contribution in [0.4, 0.5) is 0 Å². The Morgan fingerprint density at radius 2 is 1.20 bits per heavy atom. The Bertz CT molecular complexity index is 596. The minimum atomic E-state index is 0.288. The van der Waals surface area contributed by atoms with Crippen molar-refractivity contribution in [3.8, 4) is 0 Å². The van der Waals surface area contributed by atoms with Crippen LogP contribution in [0.3, 0.4) is 0 Å². The zero-order valence-corrected chi connectivity index (χ0v) is 13.2. The molecule has 0 unspecified atom stereocenters.